The largest absolute Gasteiger partial charge is 0.573 e. The van der Waals surface area contributed by atoms with Crippen molar-refractivity contribution in [3.8, 4) is 5.75 Å². The van der Waals surface area contributed by atoms with E-state index in [0.717, 1.165) is 31.5 Å². The average Bonchev–Trinajstić information content (AvgIpc) is 2.88. The predicted octanol–water partition coefficient (Wildman–Crippen LogP) is 1.62. The molecule has 2 rings (SSSR count). The summed E-state index contributed by atoms with van der Waals surface area (Å²) in [6.07, 6.45) is -3.02. The van der Waals surface area contributed by atoms with Gasteiger partial charge in [0.05, 0.1) is 4.90 Å². The SMILES string of the molecule is O=S(=O)(NCC1CCCN1)c1cccc(OC(F)(F)F)c1. The van der Waals surface area contributed by atoms with E-state index in [2.05, 4.69) is 14.8 Å². The van der Waals surface area contributed by atoms with E-state index in [1.807, 2.05) is 0 Å². The number of alkyl halides is 3. The molecule has 1 unspecified atom stereocenters. The predicted molar refractivity (Wildman–Crippen MR) is 69.3 cm³/mol. The first kappa shape index (κ1) is 16.1. The molecule has 1 atom stereocenters. The number of rotatable bonds is 5. The Hall–Kier alpha value is -1.32. The van der Waals surface area contributed by atoms with Crippen molar-refractivity contribution < 1.29 is 26.3 Å². The zero-order valence-corrected chi connectivity index (χ0v) is 11.8. The maximum Gasteiger partial charge on any atom is 0.573 e. The number of nitrogens with one attached hydrogen (secondary N) is 2. The Morgan fingerprint density at radius 3 is 2.76 bits per heavy atom. The number of hydrogen-bond donors (Lipinski definition) is 2. The van der Waals surface area contributed by atoms with Crippen molar-refractivity contribution in [3.05, 3.63) is 24.3 Å². The molecule has 0 bridgehead atoms. The Kier molecular flexibility index (Phi) is 4.74. The quantitative estimate of drug-likeness (QED) is 0.864. The maximum absolute atomic E-state index is 12.1. The van der Waals surface area contributed by atoms with Crippen LogP contribution in [0.15, 0.2) is 29.2 Å². The minimum atomic E-state index is -4.86. The van der Waals surface area contributed by atoms with Gasteiger partial charge in [-0.15, -0.1) is 13.2 Å². The lowest BCUT2D eigenvalue weighted by atomic mass is 10.2. The van der Waals surface area contributed by atoms with E-state index in [1.54, 1.807) is 0 Å². The Morgan fingerprint density at radius 2 is 2.14 bits per heavy atom. The van der Waals surface area contributed by atoms with E-state index in [9.17, 15) is 21.6 Å². The molecule has 1 aromatic carbocycles. The van der Waals surface area contributed by atoms with Gasteiger partial charge in [0, 0.05) is 18.7 Å². The molecule has 21 heavy (non-hydrogen) atoms. The highest BCUT2D eigenvalue weighted by atomic mass is 32.2. The maximum atomic E-state index is 12.1. The fraction of sp³-hybridized carbons (Fsp3) is 0.500. The Bertz CT molecular complexity index is 584. The third-order valence-corrected chi connectivity index (χ3v) is 4.45. The van der Waals surface area contributed by atoms with E-state index < -0.39 is 22.1 Å². The molecule has 0 saturated carbocycles. The Morgan fingerprint density at radius 1 is 1.38 bits per heavy atom. The van der Waals surface area contributed by atoms with Crippen LogP contribution in [0.4, 0.5) is 13.2 Å². The highest BCUT2D eigenvalue weighted by molar-refractivity contribution is 7.89. The van der Waals surface area contributed by atoms with Crippen LogP contribution in [-0.2, 0) is 10.0 Å². The van der Waals surface area contributed by atoms with Crippen LogP contribution in [0, 0.1) is 0 Å². The van der Waals surface area contributed by atoms with Crippen molar-refractivity contribution in [1.29, 1.82) is 0 Å². The van der Waals surface area contributed by atoms with Gasteiger partial charge in [-0.3, -0.25) is 0 Å². The molecule has 118 valence electrons. The van der Waals surface area contributed by atoms with Gasteiger partial charge >= 0.3 is 6.36 Å². The smallest absolute Gasteiger partial charge is 0.406 e. The number of sulfonamides is 1. The minimum absolute atomic E-state index is 0.0504. The highest BCUT2D eigenvalue weighted by Crippen LogP contribution is 2.24. The first-order valence-electron chi connectivity index (χ1n) is 6.35. The van der Waals surface area contributed by atoms with E-state index in [-0.39, 0.29) is 17.5 Å². The van der Waals surface area contributed by atoms with Crippen LogP contribution < -0.4 is 14.8 Å². The molecule has 2 N–H and O–H groups in total. The first-order valence-corrected chi connectivity index (χ1v) is 7.83. The van der Waals surface area contributed by atoms with Gasteiger partial charge in [-0.2, -0.15) is 0 Å². The lowest BCUT2D eigenvalue weighted by molar-refractivity contribution is -0.274. The second kappa shape index (κ2) is 6.20. The molecule has 1 fully saturated rings. The summed E-state index contributed by atoms with van der Waals surface area (Å²) in [4.78, 5) is -0.262. The van der Waals surface area contributed by atoms with Crippen LogP contribution >= 0.6 is 0 Å². The summed E-state index contributed by atoms with van der Waals surface area (Å²) in [6.45, 7) is 1.04. The van der Waals surface area contributed by atoms with Crippen molar-refractivity contribution in [2.24, 2.45) is 0 Å². The fourth-order valence-electron chi connectivity index (χ4n) is 2.06. The zero-order valence-electron chi connectivity index (χ0n) is 11.0. The van der Waals surface area contributed by atoms with E-state index in [0.29, 0.717) is 0 Å². The molecule has 5 nitrogen and oxygen atoms in total. The molecule has 0 spiro atoms. The van der Waals surface area contributed by atoms with Gasteiger partial charge in [-0.1, -0.05) is 6.07 Å². The zero-order chi connectivity index (χ0) is 15.5. The van der Waals surface area contributed by atoms with Crippen LogP contribution in [-0.4, -0.2) is 33.9 Å². The molecule has 1 aliphatic rings. The normalized spacial score (nSPS) is 19.7. The van der Waals surface area contributed by atoms with Gasteiger partial charge in [0.15, 0.2) is 0 Å². The fourth-order valence-corrected chi connectivity index (χ4v) is 3.18. The van der Waals surface area contributed by atoms with Gasteiger partial charge in [-0.05, 0) is 31.5 Å². The summed E-state index contributed by atoms with van der Waals surface area (Å²) in [5, 5.41) is 3.12. The van der Waals surface area contributed by atoms with Crippen molar-refractivity contribution >= 4 is 10.0 Å². The van der Waals surface area contributed by atoms with Gasteiger partial charge < -0.3 is 10.1 Å². The van der Waals surface area contributed by atoms with Crippen LogP contribution in [0.3, 0.4) is 0 Å². The summed E-state index contributed by atoms with van der Waals surface area (Å²) in [5.74, 6) is -0.565. The molecule has 1 saturated heterocycles. The monoisotopic (exact) mass is 324 g/mol. The molecule has 0 aromatic heterocycles. The Labute approximate surface area is 120 Å². The van der Waals surface area contributed by atoms with Crippen molar-refractivity contribution in [2.75, 3.05) is 13.1 Å². The summed E-state index contributed by atoms with van der Waals surface area (Å²) in [6, 6.07) is 4.36. The standard InChI is InChI=1S/C12H15F3N2O3S/c13-12(14,15)20-10-4-1-5-11(7-10)21(18,19)17-8-9-3-2-6-16-9/h1,4-5,7,9,16-17H,2-3,6,8H2. The third-order valence-electron chi connectivity index (χ3n) is 3.03. The summed E-state index contributed by atoms with van der Waals surface area (Å²) < 4.78 is 66.5. The molecular weight excluding hydrogens is 309 g/mol. The van der Waals surface area contributed by atoms with Crippen molar-refractivity contribution in [1.82, 2.24) is 10.0 Å². The summed E-state index contributed by atoms with van der Waals surface area (Å²) in [5.41, 5.74) is 0. The number of halogens is 3. The molecule has 0 amide bonds. The van der Waals surface area contributed by atoms with Gasteiger partial charge in [0.1, 0.15) is 5.75 Å². The van der Waals surface area contributed by atoms with Gasteiger partial charge in [-0.25, -0.2) is 13.1 Å². The van der Waals surface area contributed by atoms with Gasteiger partial charge in [0.25, 0.3) is 0 Å². The topological polar surface area (TPSA) is 67.4 Å². The molecule has 0 radical (unpaired) electrons. The van der Waals surface area contributed by atoms with Crippen LogP contribution in [0.2, 0.25) is 0 Å². The summed E-state index contributed by atoms with van der Waals surface area (Å²) >= 11 is 0. The summed E-state index contributed by atoms with van der Waals surface area (Å²) in [7, 11) is -3.86. The van der Waals surface area contributed by atoms with E-state index in [1.165, 1.54) is 12.1 Å². The molecular formula is C12H15F3N2O3S. The van der Waals surface area contributed by atoms with Crippen LogP contribution in [0.1, 0.15) is 12.8 Å². The Balaban J connectivity index is 2.06. The second-order valence-corrected chi connectivity index (χ2v) is 6.43. The second-order valence-electron chi connectivity index (χ2n) is 4.67. The molecule has 1 heterocycles. The molecule has 1 aliphatic heterocycles. The lowest BCUT2D eigenvalue weighted by Crippen LogP contribution is -2.37. The molecule has 9 heteroatoms. The minimum Gasteiger partial charge on any atom is -0.406 e. The van der Waals surface area contributed by atoms with Gasteiger partial charge in [0.2, 0.25) is 10.0 Å². The van der Waals surface area contributed by atoms with Crippen molar-refractivity contribution in [2.45, 2.75) is 30.1 Å². The van der Waals surface area contributed by atoms with E-state index in [4.69, 9.17) is 0 Å². The highest BCUT2D eigenvalue weighted by Gasteiger charge is 2.31. The molecule has 0 aliphatic carbocycles. The number of ether oxygens (including phenoxy) is 1. The average molecular weight is 324 g/mol. The van der Waals surface area contributed by atoms with E-state index >= 15 is 0 Å². The third kappa shape index (κ3) is 4.87. The molecule has 1 aromatic rings. The lowest BCUT2D eigenvalue weighted by Gasteiger charge is -2.13. The van der Waals surface area contributed by atoms with Crippen LogP contribution in [0.5, 0.6) is 5.75 Å². The number of benzene rings is 1. The first-order chi connectivity index (χ1) is 9.76. The van der Waals surface area contributed by atoms with Crippen LogP contribution in [0.25, 0.3) is 0 Å². The van der Waals surface area contributed by atoms with Crippen molar-refractivity contribution in [3.63, 3.8) is 0 Å². The number of hydrogen-bond acceptors (Lipinski definition) is 4.